The highest BCUT2D eigenvalue weighted by atomic mass is 79.9. The highest BCUT2D eigenvalue weighted by Crippen LogP contribution is 2.49. The molecule has 2 unspecified atom stereocenters. The largest absolute Gasteiger partial charge is 0.299 e. The maximum atomic E-state index is 3.75. The lowest BCUT2D eigenvalue weighted by Gasteiger charge is -2.38. The third-order valence-electron chi connectivity index (χ3n) is 3.61. The molecule has 0 amide bonds. The molecular formula is C13H16BrNS. The zero-order valence-corrected chi connectivity index (χ0v) is 11.8. The smallest absolute Gasteiger partial charge is 0.0909 e. The molecule has 1 aromatic rings. The van der Waals surface area contributed by atoms with Crippen molar-refractivity contribution in [1.29, 1.82) is 0 Å². The molecule has 0 saturated carbocycles. The van der Waals surface area contributed by atoms with Gasteiger partial charge in [-0.05, 0) is 49.1 Å². The maximum absolute atomic E-state index is 3.75. The normalized spacial score (nSPS) is 33.0. The first-order valence-corrected chi connectivity index (χ1v) is 7.59. The standard InChI is InChI=1S/C13H16BrNS/c1-9-5-7-15-13(16-9)6-4-10-8-11(14)2-3-12(10)13/h2-3,8-9,15H,4-7H2,1H3. The second-order valence-corrected chi connectivity index (χ2v) is 7.43. The van der Waals surface area contributed by atoms with E-state index in [2.05, 4.69) is 58.1 Å². The first kappa shape index (κ1) is 11.1. The summed E-state index contributed by atoms with van der Waals surface area (Å²) in [6.45, 7) is 3.51. The van der Waals surface area contributed by atoms with E-state index >= 15 is 0 Å². The molecule has 1 fully saturated rings. The number of benzene rings is 1. The van der Waals surface area contributed by atoms with Gasteiger partial charge in [0.1, 0.15) is 0 Å². The van der Waals surface area contributed by atoms with E-state index in [1.807, 2.05) is 0 Å². The molecule has 1 saturated heterocycles. The van der Waals surface area contributed by atoms with Gasteiger partial charge >= 0.3 is 0 Å². The van der Waals surface area contributed by atoms with Crippen LogP contribution in [0, 0.1) is 0 Å². The zero-order valence-electron chi connectivity index (χ0n) is 9.42. The van der Waals surface area contributed by atoms with E-state index < -0.39 is 0 Å². The molecule has 3 heteroatoms. The fourth-order valence-corrected chi connectivity index (χ4v) is 4.90. The molecule has 0 radical (unpaired) electrons. The highest BCUT2D eigenvalue weighted by Gasteiger charge is 2.41. The van der Waals surface area contributed by atoms with Crippen molar-refractivity contribution in [3.05, 3.63) is 33.8 Å². The fourth-order valence-electron chi connectivity index (χ4n) is 2.84. The van der Waals surface area contributed by atoms with E-state index in [0.29, 0.717) is 0 Å². The highest BCUT2D eigenvalue weighted by molar-refractivity contribution is 9.10. The van der Waals surface area contributed by atoms with Gasteiger partial charge in [-0.3, -0.25) is 5.32 Å². The molecular weight excluding hydrogens is 282 g/mol. The van der Waals surface area contributed by atoms with E-state index in [1.165, 1.54) is 34.9 Å². The van der Waals surface area contributed by atoms with Gasteiger partial charge in [0, 0.05) is 9.72 Å². The first-order chi connectivity index (χ1) is 7.70. The van der Waals surface area contributed by atoms with Crippen molar-refractivity contribution in [2.45, 2.75) is 36.3 Å². The molecule has 0 aromatic heterocycles. The monoisotopic (exact) mass is 297 g/mol. The number of rotatable bonds is 0. The Morgan fingerprint density at radius 3 is 3.19 bits per heavy atom. The van der Waals surface area contributed by atoms with Crippen LogP contribution in [-0.2, 0) is 11.3 Å². The molecule has 1 nitrogen and oxygen atoms in total. The van der Waals surface area contributed by atoms with Gasteiger partial charge in [-0.15, -0.1) is 11.8 Å². The van der Waals surface area contributed by atoms with E-state index in [0.717, 1.165) is 11.8 Å². The maximum Gasteiger partial charge on any atom is 0.0909 e. The van der Waals surface area contributed by atoms with Crippen molar-refractivity contribution >= 4 is 27.7 Å². The molecule has 1 heterocycles. The van der Waals surface area contributed by atoms with Crippen LogP contribution in [0.1, 0.15) is 30.9 Å². The first-order valence-electron chi connectivity index (χ1n) is 5.91. The van der Waals surface area contributed by atoms with Gasteiger partial charge in [0.2, 0.25) is 0 Å². The Bertz CT molecular complexity index is 420. The van der Waals surface area contributed by atoms with Gasteiger partial charge in [-0.25, -0.2) is 0 Å². The number of thioether (sulfide) groups is 1. The summed E-state index contributed by atoms with van der Waals surface area (Å²) >= 11 is 5.68. The van der Waals surface area contributed by atoms with Crippen LogP contribution in [0.2, 0.25) is 0 Å². The fraction of sp³-hybridized carbons (Fsp3) is 0.538. The summed E-state index contributed by atoms with van der Waals surface area (Å²) in [5.74, 6) is 0. The van der Waals surface area contributed by atoms with Gasteiger partial charge in [-0.1, -0.05) is 28.9 Å². The Kier molecular flexibility index (Phi) is 2.81. The van der Waals surface area contributed by atoms with Crippen molar-refractivity contribution in [2.75, 3.05) is 6.54 Å². The number of fused-ring (bicyclic) bond motifs is 2. The van der Waals surface area contributed by atoms with Crippen LogP contribution in [-0.4, -0.2) is 11.8 Å². The van der Waals surface area contributed by atoms with Crippen molar-refractivity contribution in [3.8, 4) is 0 Å². The minimum absolute atomic E-state index is 0.216. The van der Waals surface area contributed by atoms with Gasteiger partial charge in [-0.2, -0.15) is 0 Å². The average molecular weight is 298 g/mol. The Balaban J connectivity index is 2.01. The van der Waals surface area contributed by atoms with Crippen LogP contribution in [0.25, 0.3) is 0 Å². The van der Waals surface area contributed by atoms with Crippen LogP contribution in [0.15, 0.2) is 22.7 Å². The van der Waals surface area contributed by atoms with Crippen LogP contribution in [0.4, 0.5) is 0 Å². The van der Waals surface area contributed by atoms with E-state index in [9.17, 15) is 0 Å². The number of halogens is 1. The quantitative estimate of drug-likeness (QED) is 0.784. The summed E-state index contributed by atoms with van der Waals surface area (Å²) in [4.78, 5) is 0.216. The molecule has 1 aromatic carbocycles. The lowest BCUT2D eigenvalue weighted by Crippen LogP contribution is -2.43. The number of aryl methyl sites for hydroxylation is 1. The summed E-state index contributed by atoms with van der Waals surface area (Å²) < 4.78 is 1.21. The van der Waals surface area contributed by atoms with Crippen molar-refractivity contribution < 1.29 is 0 Å². The molecule has 2 aliphatic rings. The van der Waals surface area contributed by atoms with Gasteiger partial charge in [0.25, 0.3) is 0 Å². The topological polar surface area (TPSA) is 12.0 Å². The average Bonchev–Trinajstić information content (AvgIpc) is 2.57. The molecule has 0 bridgehead atoms. The Morgan fingerprint density at radius 1 is 1.50 bits per heavy atom. The summed E-state index contributed by atoms with van der Waals surface area (Å²) in [6.07, 6.45) is 3.74. The van der Waals surface area contributed by atoms with Gasteiger partial charge < -0.3 is 0 Å². The number of hydrogen-bond acceptors (Lipinski definition) is 2. The molecule has 86 valence electrons. The Hall–Kier alpha value is 0.01000. The Morgan fingerprint density at radius 2 is 2.38 bits per heavy atom. The number of hydrogen-bond donors (Lipinski definition) is 1. The molecule has 16 heavy (non-hydrogen) atoms. The van der Waals surface area contributed by atoms with E-state index in [-0.39, 0.29) is 4.87 Å². The number of nitrogens with one attached hydrogen (secondary N) is 1. The summed E-state index contributed by atoms with van der Waals surface area (Å²) in [5.41, 5.74) is 3.04. The van der Waals surface area contributed by atoms with Crippen molar-refractivity contribution in [1.82, 2.24) is 5.32 Å². The van der Waals surface area contributed by atoms with Crippen molar-refractivity contribution in [2.24, 2.45) is 0 Å². The molecule has 1 aliphatic heterocycles. The zero-order chi connectivity index (χ0) is 11.2. The third kappa shape index (κ3) is 1.73. The second-order valence-electron chi connectivity index (χ2n) is 4.77. The van der Waals surface area contributed by atoms with Crippen LogP contribution in [0.5, 0.6) is 0 Å². The van der Waals surface area contributed by atoms with Gasteiger partial charge in [0.05, 0.1) is 4.87 Å². The lowest BCUT2D eigenvalue weighted by molar-refractivity contribution is 0.450. The Labute approximate surface area is 110 Å². The molecule has 1 spiro atoms. The van der Waals surface area contributed by atoms with Crippen LogP contribution in [0.3, 0.4) is 0 Å². The minimum Gasteiger partial charge on any atom is -0.299 e. The van der Waals surface area contributed by atoms with Gasteiger partial charge in [0.15, 0.2) is 0 Å². The molecule has 3 rings (SSSR count). The van der Waals surface area contributed by atoms with Crippen LogP contribution >= 0.6 is 27.7 Å². The SMILES string of the molecule is CC1CCNC2(CCc3cc(Br)ccc32)S1. The lowest BCUT2D eigenvalue weighted by atomic mass is 10.1. The predicted octanol–water partition coefficient (Wildman–Crippen LogP) is 3.66. The minimum atomic E-state index is 0.216. The third-order valence-corrected chi connectivity index (χ3v) is 5.71. The summed E-state index contributed by atoms with van der Waals surface area (Å²) in [5, 5.41) is 4.52. The second kappa shape index (κ2) is 4.04. The van der Waals surface area contributed by atoms with Crippen molar-refractivity contribution in [3.63, 3.8) is 0 Å². The molecule has 1 N–H and O–H groups in total. The predicted molar refractivity (Wildman–Crippen MR) is 73.8 cm³/mol. The van der Waals surface area contributed by atoms with E-state index in [4.69, 9.17) is 0 Å². The van der Waals surface area contributed by atoms with E-state index in [1.54, 1.807) is 0 Å². The van der Waals surface area contributed by atoms with Crippen LogP contribution < -0.4 is 5.32 Å². The summed E-state index contributed by atoms with van der Waals surface area (Å²) in [7, 11) is 0. The summed E-state index contributed by atoms with van der Waals surface area (Å²) in [6, 6.07) is 6.75. The molecule has 1 aliphatic carbocycles. The molecule has 2 atom stereocenters.